The van der Waals surface area contributed by atoms with Crippen molar-refractivity contribution in [2.75, 3.05) is 16.8 Å². The molecule has 0 bridgehead atoms. The van der Waals surface area contributed by atoms with Gasteiger partial charge in [0.2, 0.25) is 5.91 Å². The summed E-state index contributed by atoms with van der Waals surface area (Å²) in [5.41, 5.74) is 10.2. The minimum Gasteiger partial charge on any atom is -0.370 e. The van der Waals surface area contributed by atoms with Gasteiger partial charge in [0.1, 0.15) is 0 Å². The normalized spacial score (nSPS) is 15.0. The van der Waals surface area contributed by atoms with Gasteiger partial charge in [-0.15, -0.1) is 0 Å². The molecule has 1 fully saturated rings. The van der Waals surface area contributed by atoms with E-state index in [1.807, 2.05) is 41.3 Å². The van der Waals surface area contributed by atoms with Crippen molar-refractivity contribution in [2.24, 2.45) is 10.7 Å². The molecule has 0 aliphatic carbocycles. The number of carbonyl (C=O) groups is 1. The molecule has 3 rings (SSSR count). The van der Waals surface area contributed by atoms with Crippen LogP contribution in [0, 0.1) is 0 Å². The largest absolute Gasteiger partial charge is 0.370 e. The highest BCUT2D eigenvalue weighted by atomic mass is 16.2. The van der Waals surface area contributed by atoms with E-state index in [0.29, 0.717) is 24.8 Å². The lowest BCUT2D eigenvalue weighted by molar-refractivity contribution is -0.117. The van der Waals surface area contributed by atoms with E-state index in [4.69, 9.17) is 5.73 Å². The zero-order valence-electron chi connectivity index (χ0n) is 15.4. The van der Waals surface area contributed by atoms with E-state index in [1.165, 1.54) is 5.56 Å². The molecule has 2 aromatic rings. The van der Waals surface area contributed by atoms with Gasteiger partial charge in [0.25, 0.3) is 0 Å². The Morgan fingerprint density at radius 3 is 2.65 bits per heavy atom. The smallest absolute Gasteiger partial charge is 0.227 e. The summed E-state index contributed by atoms with van der Waals surface area (Å²) >= 11 is 0. The number of carbonyl (C=O) groups excluding carboxylic acids is 1. The van der Waals surface area contributed by atoms with Gasteiger partial charge in [-0.3, -0.25) is 4.79 Å². The van der Waals surface area contributed by atoms with Crippen LogP contribution in [0.15, 0.2) is 53.5 Å². The fourth-order valence-corrected chi connectivity index (χ4v) is 3.04. The predicted octanol–water partition coefficient (Wildman–Crippen LogP) is 3.86. The predicted molar refractivity (Wildman–Crippen MR) is 108 cm³/mol. The summed E-state index contributed by atoms with van der Waals surface area (Å²) in [6.07, 6.45) is 1.58. The number of amides is 1. The molecule has 1 aliphatic rings. The van der Waals surface area contributed by atoms with Crippen LogP contribution in [0.2, 0.25) is 0 Å². The monoisotopic (exact) mass is 350 g/mol. The van der Waals surface area contributed by atoms with Crippen molar-refractivity contribution in [3.8, 4) is 0 Å². The van der Waals surface area contributed by atoms with Crippen molar-refractivity contribution >= 4 is 23.2 Å². The Morgan fingerprint density at radius 2 is 2.00 bits per heavy atom. The summed E-state index contributed by atoms with van der Waals surface area (Å²) in [4.78, 5) is 18.0. The average Bonchev–Trinajstić information content (AvgIpc) is 3.06. The molecule has 26 heavy (non-hydrogen) atoms. The van der Waals surface area contributed by atoms with Crippen molar-refractivity contribution in [1.82, 2.24) is 0 Å². The first-order chi connectivity index (χ1) is 12.5. The lowest BCUT2D eigenvalue weighted by Crippen LogP contribution is -2.23. The number of anilines is 2. The summed E-state index contributed by atoms with van der Waals surface area (Å²) in [5.74, 6) is 1.06. The van der Waals surface area contributed by atoms with Gasteiger partial charge in [0.05, 0.1) is 6.54 Å². The topological polar surface area (TPSA) is 70.7 Å². The van der Waals surface area contributed by atoms with Crippen LogP contribution in [0.4, 0.5) is 11.4 Å². The number of nitrogens with one attached hydrogen (secondary N) is 1. The maximum Gasteiger partial charge on any atom is 0.227 e. The van der Waals surface area contributed by atoms with Gasteiger partial charge < -0.3 is 16.0 Å². The van der Waals surface area contributed by atoms with E-state index in [2.05, 4.69) is 36.3 Å². The number of nitrogens with two attached hydrogens (primary N) is 1. The Morgan fingerprint density at radius 1 is 1.23 bits per heavy atom. The SMILES string of the molecule is CC(C)c1cccc(NC(N)=NCc2ccc(N3CCCC3=O)cc2)c1. The third kappa shape index (κ3) is 4.42. The molecule has 0 unspecified atom stereocenters. The fraction of sp³-hybridized carbons (Fsp3) is 0.333. The Hall–Kier alpha value is -2.82. The van der Waals surface area contributed by atoms with Crippen LogP contribution in [0.25, 0.3) is 0 Å². The number of guanidine groups is 1. The highest BCUT2D eigenvalue weighted by molar-refractivity contribution is 5.95. The van der Waals surface area contributed by atoms with Crippen molar-refractivity contribution in [3.63, 3.8) is 0 Å². The first-order valence-electron chi connectivity index (χ1n) is 9.09. The number of hydrogen-bond acceptors (Lipinski definition) is 2. The first kappa shape index (κ1) is 18.0. The zero-order chi connectivity index (χ0) is 18.5. The Kier molecular flexibility index (Phi) is 5.56. The van der Waals surface area contributed by atoms with Crippen LogP contribution in [0.3, 0.4) is 0 Å². The standard InChI is InChI=1S/C21H26N4O/c1-15(2)17-5-3-6-18(13-17)24-21(22)23-14-16-8-10-19(11-9-16)25-12-4-7-20(25)26/h3,5-6,8-11,13,15H,4,7,12,14H2,1-2H3,(H3,22,23,24). The molecule has 1 amide bonds. The van der Waals surface area contributed by atoms with Crippen molar-refractivity contribution in [2.45, 2.75) is 39.2 Å². The van der Waals surface area contributed by atoms with Crippen molar-refractivity contribution < 1.29 is 4.79 Å². The van der Waals surface area contributed by atoms with Gasteiger partial charge in [-0.25, -0.2) is 4.99 Å². The lowest BCUT2D eigenvalue weighted by Gasteiger charge is -2.15. The van der Waals surface area contributed by atoms with Gasteiger partial charge in [-0.1, -0.05) is 38.1 Å². The number of aliphatic imine (C=N–C) groups is 1. The average molecular weight is 350 g/mol. The summed E-state index contributed by atoms with van der Waals surface area (Å²) in [6.45, 7) is 5.63. The molecule has 136 valence electrons. The molecule has 2 aromatic carbocycles. The minimum atomic E-state index is 0.202. The summed E-state index contributed by atoms with van der Waals surface area (Å²) in [6, 6.07) is 16.1. The van der Waals surface area contributed by atoms with Gasteiger partial charge in [-0.05, 0) is 47.7 Å². The van der Waals surface area contributed by atoms with E-state index >= 15 is 0 Å². The molecule has 3 N–H and O–H groups in total. The van der Waals surface area contributed by atoms with Crippen LogP contribution < -0.4 is 16.0 Å². The Balaban J connectivity index is 1.60. The second-order valence-corrected chi connectivity index (χ2v) is 6.92. The second kappa shape index (κ2) is 8.04. The zero-order valence-corrected chi connectivity index (χ0v) is 15.4. The van der Waals surface area contributed by atoms with Crippen molar-refractivity contribution in [3.05, 3.63) is 59.7 Å². The molecule has 0 spiro atoms. The molecule has 1 saturated heterocycles. The fourth-order valence-electron chi connectivity index (χ4n) is 3.04. The molecule has 5 heteroatoms. The molecule has 1 aliphatic heterocycles. The molecule has 0 radical (unpaired) electrons. The van der Waals surface area contributed by atoms with Crippen LogP contribution in [0.1, 0.15) is 43.7 Å². The van der Waals surface area contributed by atoms with Crippen molar-refractivity contribution in [1.29, 1.82) is 0 Å². The van der Waals surface area contributed by atoms with Gasteiger partial charge in [0, 0.05) is 24.3 Å². The summed E-state index contributed by atoms with van der Waals surface area (Å²) in [7, 11) is 0. The minimum absolute atomic E-state index is 0.202. The molecule has 5 nitrogen and oxygen atoms in total. The third-order valence-corrected chi connectivity index (χ3v) is 4.58. The summed E-state index contributed by atoms with van der Waals surface area (Å²) < 4.78 is 0. The van der Waals surface area contributed by atoms with E-state index in [1.54, 1.807) is 0 Å². The highest BCUT2D eigenvalue weighted by Gasteiger charge is 2.21. The lowest BCUT2D eigenvalue weighted by atomic mass is 10.0. The number of benzene rings is 2. The quantitative estimate of drug-likeness (QED) is 0.635. The van der Waals surface area contributed by atoms with Crippen LogP contribution in [-0.4, -0.2) is 18.4 Å². The summed E-state index contributed by atoms with van der Waals surface area (Å²) in [5, 5.41) is 3.14. The molecule has 1 heterocycles. The second-order valence-electron chi connectivity index (χ2n) is 6.92. The maximum atomic E-state index is 11.8. The van der Waals surface area contributed by atoms with Gasteiger partial charge in [0.15, 0.2) is 5.96 Å². The molecular weight excluding hydrogens is 324 g/mol. The highest BCUT2D eigenvalue weighted by Crippen LogP contribution is 2.22. The first-order valence-corrected chi connectivity index (χ1v) is 9.09. The van der Waals surface area contributed by atoms with Gasteiger partial charge >= 0.3 is 0 Å². The molecule has 0 aromatic heterocycles. The van der Waals surface area contributed by atoms with Crippen LogP contribution >= 0.6 is 0 Å². The van der Waals surface area contributed by atoms with Crippen LogP contribution in [-0.2, 0) is 11.3 Å². The van der Waals surface area contributed by atoms with E-state index < -0.39 is 0 Å². The van der Waals surface area contributed by atoms with E-state index in [-0.39, 0.29) is 5.91 Å². The molecule has 0 atom stereocenters. The third-order valence-electron chi connectivity index (χ3n) is 4.58. The molecular formula is C21H26N4O. The Bertz CT molecular complexity index is 796. The Labute approximate surface area is 154 Å². The van der Waals surface area contributed by atoms with Gasteiger partial charge in [-0.2, -0.15) is 0 Å². The number of hydrogen-bond donors (Lipinski definition) is 2. The molecule has 0 saturated carbocycles. The number of rotatable bonds is 5. The van der Waals surface area contributed by atoms with E-state index in [0.717, 1.165) is 29.9 Å². The van der Waals surface area contributed by atoms with E-state index in [9.17, 15) is 4.79 Å². The number of nitrogens with zero attached hydrogens (tertiary/aromatic N) is 2. The van der Waals surface area contributed by atoms with Crippen LogP contribution in [0.5, 0.6) is 0 Å². The maximum absolute atomic E-state index is 11.8.